The van der Waals surface area contributed by atoms with Crippen LogP contribution in [0.5, 0.6) is 0 Å². The van der Waals surface area contributed by atoms with Crippen molar-refractivity contribution >= 4 is 40.8 Å². The Labute approximate surface area is 159 Å². The first kappa shape index (κ1) is 17.3. The maximum atomic E-state index is 11.7. The lowest BCUT2D eigenvalue weighted by molar-refractivity contribution is -0.115. The number of nitrogens with zero attached hydrogens (tertiary/aromatic N) is 4. The number of hydrogen-bond donors (Lipinski definition) is 2. The number of aromatic nitrogens is 2. The number of amides is 2. The molecule has 9 nitrogen and oxygen atoms in total. The van der Waals surface area contributed by atoms with Crippen LogP contribution in [0.15, 0.2) is 40.0 Å². The van der Waals surface area contributed by atoms with Crippen LogP contribution in [0.3, 0.4) is 0 Å². The lowest BCUT2D eigenvalue weighted by Gasteiger charge is -2.35. The average molecular weight is 384 g/mol. The topological polar surface area (TPSA) is 115 Å². The molecule has 2 aliphatic heterocycles. The minimum absolute atomic E-state index is 0.321. The number of rotatable bonds is 3. The second-order valence-electron chi connectivity index (χ2n) is 5.93. The molecule has 2 saturated heterocycles. The van der Waals surface area contributed by atoms with Crippen molar-refractivity contribution < 1.29 is 14.0 Å². The zero-order chi connectivity index (χ0) is 18.8. The molecule has 2 aromatic heterocycles. The van der Waals surface area contributed by atoms with E-state index in [2.05, 4.69) is 15.3 Å². The minimum atomic E-state index is -0.407. The van der Waals surface area contributed by atoms with E-state index in [1.165, 1.54) is 0 Å². The van der Waals surface area contributed by atoms with E-state index in [1.54, 1.807) is 36.7 Å². The third-order valence-corrected chi connectivity index (χ3v) is 5.03. The molecule has 10 heteroatoms. The van der Waals surface area contributed by atoms with Gasteiger partial charge in [-0.1, -0.05) is 0 Å². The van der Waals surface area contributed by atoms with Crippen LogP contribution >= 0.6 is 11.8 Å². The standard InChI is InChI=1S/C17H16N6O3S/c18-14(12-2-1-9-26-12)22-5-7-23(8-6-22)16-19-4-3-11(20-16)10-13-15(24)21-17(25)27-13/h1-4,9-10,18H,5-8H2,(H,21,24,25). The van der Waals surface area contributed by atoms with Crippen LogP contribution in [0.1, 0.15) is 11.5 Å². The van der Waals surface area contributed by atoms with Crippen LogP contribution in [0.4, 0.5) is 10.7 Å². The van der Waals surface area contributed by atoms with Crippen molar-refractivity contribution in [2.24, 2.45) is 0 Å². The molecule has 2 N–H and O–H groups in total. The number of nitrogens with one attached hydrogen (secondary N) is 2. The van der Waals surface area contributed by atoms with Crippen molar-refractivity contribution in [3.8, 4) is 0 Å². The second-order valence-corrected chi connectivity index (χ2v) is 6.95. The molecule has 27 heavy (non-hydrogen) atoms. The predicted molar refractivity (Wildman–Crippen MR) is 100 cm³/mol. The number of piperazine rings is 1. The van der Waals surface area contributed by atoms with Crippen LogP contribution in [-0.4, -0.2) is 58.0 Å². The molecule has 2 aromatic rings. The van der Waals surface area contributed by atoms with Crippen molar-refractivity contribution in [3.05, 3.63) is 47.0 Å². The molecule has 0 aliphatic carbocycles. The fraction of sp³-hybridized carbons (Fsp3) is 0.235. The van der Waals surface area contributed by atoms with Gasteiger partial charge in [0, 0.05) is 32.4 Å². The number of carbonyl (C=O) groups excluding carboxylic acids is 2. The first-order valence-corrected chi connectivity index (χ1v) is 9.12. The Hall–Kier alpha value is -3.14. The summed E-state index contributed by atoms with van der Waals surface area (Å²) in [5.74, 6) is 1.07. The van der Waals surface area contributed by atoms with Crippen molar-refractivity contribution in [3.63, 3.8) is 0 Å². The molecule has 0 spiro atoms. The van der Waals surface area contributed by atoms with Gasteiger partial charge in [0.2, 0.25) is 5.95 Å². The summed E-state index contributed by atoms with van der Waals surface area (Å²) in [7, 11) is 0. The molecule has 0 radical (unpaired) electrons. The minimum Gasteiger partial charge on any atom is -0.461 e. The Bertz CT molecular complexity index is 919. The summed E-state index contributed by atoms with van der Waals surface area (Å²) in [5.41, 5.74) is 0.568. The Balaban J connectivity index is 1.43. The highest BCUT2D eigenvalue weighted by Gasteiger charge is 2.26. The summed E-state index contributed by atoms with van der Waals surface area (Å²) < 4.78 is 5.29. The quantitative estimate of drug-likeness (QED) is 0.465. The van der Waals surface area contributed by atoms with Crippen LogP contribution in [0.25, 0.3) is 6.08 Å². The van der Waals surface area contributed by atoms with Crippen molar-refractivity contribution in [2.45, 2.75) is 0 Å². The van der Waals surface area contributed by atoms with Gasteiger partial charge in [-0.2, -0.15) is 0 Å². The highest BCUT2D eigenvalue weighted by Crippen LogP contribution is 2.25. The lowest BCUT2D eigenvalue weighted by atomic mass is 10.3. The number of thioether (sulfide) groups is 1. The maximum Gasteiger partial charge on any atom is 0.290 e. The number of furan rings is 1. The van der Waals surface area contributed by atoms with Gasteiger partial charge in [-0.05, 0) is 36.0 Å². The SMILES string of the molecule is N=C(c1ccco1)N1CCN(c2nccc(C=C3SC(=O)NC3=O)n2)CC1. The van der Waals surface area contributed by atoms with Gasteiger partial charge in [0.1, 0.15) is 0 Å². The molecule has 2 fully saturated rings. The van der Waals surface area contributed by atoms with E-state index in [0.29, 0.717) is 54.3 Å². The molecule has 0 saturated carbocycles. The number of anilines is 1. The Kier molecular flexibility index (Phi) is 4.63. The third kappa shape index (κ3) is 3.70. The molecular weight excluding hydrogens is 368 g/mol. The molecule has 4 rings (SSSR count). The number of carbonyl (C=O) groups is 2. The van der Waals surface area contributed by atoms with Crippen LogP contribution in [-0.2, 0) is 4.79 Å². The Morgan fingerprint density at radius 2 is 2.07 bits per heavy atom. The second kappa shape index (κ2) is 7.23. The summed E-state index contributed by atoms with van der Waals surface area (Å²) in [6.45, 7) is 2.63. The number of amidine groups is 1. The smallest absolute Gasteiger partial charge is 0.290 e. The fourth-order valence-corrected chi connectivity index (χ4v) is 3.52. The van der Waals surface area contributed by atoms with Gasteiger partial charge in [0.25, 0.3) is 11.1 Å². The highest BCUT2D eigenvalue weighted by atomic mass is 32.2. The largest absolute Gasteiger partial charge is 0.461 e. The Morgan fingerprint density at radius 1 is 1.26 bits per heavy atom. The average Bonchev–Trinajstić information content (AvgIpc) is 3.32. The van der Waals surface area contributed by atoms with E-state index >= 15 is 0 Å². The molecular formula is C17H16N6O3S. The maximum absolute atomic E-state index is 11.7. The van der Waals surface area contributed by atoms with Gasteiger partial charge in [0.15, 0.2) is 11.6 Å². The normalized spacial score (nSPS) is 18.9. The predicted octanol–water partition coefficient (Wildman–Crippen LogP) is 1.54. The fourth-order valence-electron chi connectivity index (χ4n) is 2.85. The van der Waals surface area contributed by atoms with Gasteiger partial charge >= 0.3 is 0 Å². The summed E-state index contributed by atoms with van der Waals surface area (Å²) in [4.78, 5) is 36.0. The van der Waals surface area contributed by atoms with E-state index in [-0.39, 0.29) is 5.24 Å². The summed E-state index contributed by atoms with van der Waals surface area (Å²) in [6, 6.07) is 5.23. The van der Waals surface area contributed by atoms with Crippen molar-refractivity contribution in [1.29, 1.82) is 5.41 Å². The van der Waals surface area contributed by atoms with E-state index in [1.807, 2.05) is 9.80 Å². The molecule has 0 bridgehead atoms. The van der Waals surface area contributed by atoms with Crippen molar-refractivity contribution in [2.75, 3.05) is 31.1 Å². The molecule has 0 aromatic carbocycles. The zero-order valence-electron chi connectivity index (χ0n) is 14.2. The number of hydrogen-bond acceptors (Lipinski definition) is 8. The van der Waals surface area contributed by atoms with E-state index in [4.69, 9.17) is 9.83 Å². The van der Waals surface area contributed by atoms with Crippen molar-refractivity contribution in [1.82, 2.24) is 20.2 Å². The summed E-state index contributed by atoms with van der Waals surface area (Å²) in [5, 5.41) is 10.1. The summed E-state index contributed by atoms with van der Waals surface area (Å²) in [6.07, 6.45) is 4.77. The molecule has 0 atom stereocenters. The van der Waals surface area contributed by atoms with Crippen LogP contribution in [0, 0.1) is 5.41 Å². The summed E-state index contributed by atoms with van der Waals surface area (Å²) >= 11 is 0.860. The van der Waals surface area contributed by atoms with E-state index in [9.17, 15) is 9.59 Å². The number of imide groups is 1. The van der Waals surface area contributed by atoms with E-state index < -0.39 is 5.91 Å². The monoisotopic (exact) mass is 384 g/mol. The van der Waals surface area contributed by atoms with Gasteiger partial charge in [-0.25, -0.2) is 9.97 Å². The molecule has 138 valence electrons. The molecule has 0 unspecified atom stereocenters. The molecule has 4 heterocycles. The van der Waals surface area contributed by atoms with Crippen LogP contribution in [0.2, 0.25) is 0 Å². The Morgan fingerprint density at radius 3 is 2.74 bits per heavy atom. The van der Waals surface area contributed by atoms with Gasteiger partial charge in [0.05, 0.1) is 16.9 Å². The lowest BCUT2D eigenvalue weighted by Crippen LogP contribution is -2.49. The van der Waals surface area contributed by atoms with Crippen LogP contribution < -0.4 is 10.2 Å². The van der Waals surface area contributed by atoms with Gasteiger partial charge < -0.3 is 14.2 Å². The third-order valence-electron chi connectivity index (χ3n) is 4.22. The van der Waals surface area contributed by atoms with Gasteiger partial charge in [-0.3, -0.25) is 20.3 Å². The first-order chi connectivity index (χ1) is 13.1. The van der Waals surface area contributed by atoms with E-state index in [0.717, 1.165) is 11.8 Å². The van der Waals surface area contributed by atoms with Gasteiger partial charge in [-0.15, -0.1) is 0 Å². The molecule has 2 amide bonds. The molecule has 2 aliphatic rings. The zero-order valence-corrected chi connectivity index (χ0v) is 15.0. The highest BCUT2D eigenvalue weighted by molar-refractivity contribution is 8.18. The first-order valence-electron chi connectivity index (χ1n) is 8.30.